The molecule has 1 N–H and O–H groups in total. The molecule has 0 atom stereocenters. The first-order valence-electron chi connectivity index (χ1n) is 6.58. The van der Waals surface area contributed by atoms with Crippen molar-refractivity contribution >= 4 is 44.8 Å². The number of aryl methyl sites for hydroxylation is 1. The van der Waals surface area contributed by atoms with E-state index in [0.29, 0.717) is 0 Å². The lowest BCUT2D eigenvalue weighted by atomic mass is 10.1. The van der Waals surface area contributed by atoms with Crippen LogP contribution in [0.3, 0.4) is 0 Å². The molecule has 1 heterocycles. The number of nitrogens with one attached hydrogen (secondary N) is 1. The molecule has 0 amide bonds. The number of rotatable bonds is 6. The summed E-state index contributed by atoms with van der Waals surface area (Å²) < 4.78 is 1.33. The zero-order valence-corrected chi connectivity index (χ0v) is 14.0. The Hall–Kier alpha value is -0.220. The van der Waals surface area contributed by atoms with E-state index in [9.17, 15) is 0 Å². The average molecular weight is 314 g/mol. The van der Waals surface area contributed by atoms with Crippen LogP contribution in [0, 0.1) is 6.92 Å². The highest BCUT2D eigenvalue weighted by molar-refractivity contribution is 7.99. The number of hydrogen-bond donors (Lipinski definition) is 1. The molecule has 0 unspecified atom stereocenters. The minimum Gasteiger partial charge on any atom is -0.311 e. The number of fused-ring (bicyclic) bond motifs is 1. The number of thioether (sulfide) groups is 1. The highest BCUT2D eigenvalue weighted by Crippen LogP contribution is 2.32. The molecule has 0 saturated heterocycles. The number of thiophene rings is 1. The third kappa shape index (κ3) is 4.12. The van der Waals surface area contributed by atoms with Crippen LogP contribution >= 0.6 is 34.7 Å². The van der Waals surface area contributed by atoms with E-state index in [-0.39, 0.29) is 0 Å². The zero-order valence-electron chi connectivity index (χ0n) is 11.6. The summed E-state index contributed by atoms with van der Waals surface area (Å²) in [6, 6.07) is 6.16. The van der Waals surface area contributed by atoms with Gasteiger partial charge in [-0.1, -0.05) is 25.4 Å². The highest BCUT2D eigenvalue weighted by Gasteiger charge is 2.08. The SMILES string of the molecule is Cc1c(CNCCSC(C)C)sc2ccc(Cl)cc12. The summed E-state index contributed by atoms with van der Waals surface area (Å²) in [5, 5.41) is 6.37. The van der Waals surface area contributed by atoms with Gasteiger partial charge in [0, 0.05) is 33.4 Å². The van der Waals surface area contributed by atoms with Gasteiger partial charge in [-0.3, -0.25) is 0 Å². The van der Waals surface area contributed by atoms with Gasteiger partial charge in [0.05, 0.1) is 0 Å². The second-order valence-corrected chi connectivity index (χ2v) is 8.14. The van der Waals surface area contributed by atoms with Gasteiger partial charge in [-0.15, -0.1) is 11.3 Å². The Morgan fingerprint density at radius 1 is 1.37 bits per heavy atom. The maximum atomic E-state index is 6.06. The lowest BCUT2D eigenvalue weighted by Gasteiger charge is -2.06. The lowest BCUT2D eigenvalue weighted by molar-refractivity contribution is 0.738. The molecular formula is C15H20ClNS2. The normalized spacial score (nSPS) is 11.6. The van der Waals surface area contributed by atoms with E-state index in [1.807, 2.05) is 29.2 Å². The Kier molecular flexibility index (Phi) is 5.58. The van der Waals surface area contributed by atoms with Crippen LogP contribution in [0.1, 0.15) is 24.3 Å². The molecule has 0 aliphatic heterocycles. The quantitative estimate of drug-likeness (QED) is 0.745. The average Bonchev–Trinajstić information content (AvgIpc) is 2.66. The van der Waals surface area contributed by atoms with E-state index in [1.165, 1.54) is 26.3 Å². The van der Waals surface area contributed by atoms with Gasteiger partial charge in [-0.2, -0.15) is 11.8 Å². The van der Waals surface area contributed by atoms with Crippen LogP contribution in [0.15, 0.2) is 18.2 Å². The molecule has 0 saturated carbocycles. The van der Waals surface area contributed by atoms with Gasteiger partial charge in [-0.05, 0) is 41.3 Å². The summed E-state index contributed by atoms with van der Waals surface area (Å²) in [7, 11) is 0. The van der Waals surface area contributed by atoms with Gasteiger partial charge < -0.3 is 5.32 Å². The molecule has 4 heteroatoms. The molecule has 0 fully saturated rings. The van der Waals surface area contributed by atoms with Crippen LogP contribution in [0.5, 0.6) is 0 Å². The molecule has 0 aliphatic carbocycles. The molecule has 0 aliphatic rings. The molecule has 2 rings (SSSR count). The van der Waals surface area contributed by atoms with Crippen molar-refractivity contribution in [1.29, 1.82) is 0 Å². The summed E-state index contributed by atoms with van der Waals surface area (Å²) in [4.78, 5) is 1.42. The van der Waals surface area contributed by atoms with Crippen molar-refractivity contribution in [2.24, 2.45) is 0 Å². The van der Waals surface area contributed by atoms with Crippen LogP contribution in [-0.2, 0) is 6.54 Å². The first kappa shape index (κ1) is 15.2. The second-order valence-electron chi connectivity index (χ2n) is 4.89. The maximum Gasteiger partial charge on any atom is 0.0413 e. The molecule has 19 heavy (non-hydrogen) atoms. The van der Waals surface area contributed by atoms with Gasteiger partial charge in [0.1, 0.15) is 0 Å². The van der Waals surface area contributed by atoms with E-state index in [1.54, 1.807) is 0 Å². The molecule has 1 aromatic carbocycles. The standard InChI is InChI=1S/C15H20ClNS2/c1-10(2)18-7-6-17-9-15-11(3)13-8-12(16)4-5-14(13)19-15/h4-5,8,10,17H,6-7,9H2,1-3H3. The van der Waals surface area contributed by atoms with Crippen LogP contribution in [0.25, 0.3) is 10.1 Å². The molecular weight excluding hydrogens is 294 g/mol. The van der Waals surface area contributed by atoms with Crippen molar-refractivity contribution in [1.82, 2.24) is 5.32 Å². The van der Waals surface area contributed by atoms with E-state index >= 15 is 0 Å². The molecule has 0 spiro atoms. The predicted octanol–water partition coefficient (Wildman–Crippen LogP) is 5.09. The Morgan fingerprint density at radius 2 is 2.16 bits per heavy atom. The van der Waals surface area contributed by atoms with Gasteiger partial charge in [-0.25, -0.2) is 0 Å². The number of halogens is 1. The molecule has 0 bridgehead atoms. The molecule has 1 aromatic heterocycles. The number of benzene rings is 1. The van der Waals surface area contributed by atoms with E-state index < -0.39 is 0 Å². The fraction of sp³-hybridized carbons (Fsp3) is 0.467. The molecule has 1 nitrogen and oxygen atoms in total. The van der Waals surface area contributed by atoms with Gasteiger partial charge in [0.25, 0.3) is 0 Å². The van der Waals surface area contributed by atoms with Crippen molar-refractivity contribution in [2.45, 2.75) is 32.6 Å². The van der Waals surface area contributed by atoms with E-state index in [4.69, 9.17) is 11.6 Å². The minimum atomic E-state index is 0.718. The maximum absolute atomic E-state index is 6.06. The smallest absolute Gasteiger partial charge is 0.0413 e. The largest absolute Gasteiger partial charge is 0.311 e. The fourth-order valence-corrected chi connectivity index (χ4v) is 4.05. The van der Waals surface area contributed by atoms with Crippen molar-refractivity contribution in [3.8, 4) is 0 Å². The third-order valence-corrected chi connectivity index (χ3v) is 5.63. The lowest BCUT2D eigenvalue weighted by Crippen LogP contribution is -2.17. The summed E-state index contributed by atoms with van der Waals surface area (Å²) in [6.45, 7) is 8.70. The van der Waals surface area contributed by atoms with Gasteiger partial charge >= 0.3 is 0 Å². The molecule has 104 valence electrons. The van der Waals surface area contributed by atoms with Crippen molar-refractivity contribution in [3.63, 3.8) is 0 Å². The van der Waals surface area contributed by atoms with Crippen LogP contribution in [0.4, 0.5) is 0 Å². The third-order valence-electron chi connectivity index (χ3n) is 3.01. The van der Waals surface area contributed by atoms with Crippen LogP contribution in [-0.4, -0.2) is 17.5 Å². The molecule has 2 aromatic rings. The van der Waals surface area contributed by atoms with E-state index in [2.05, 4.69) is 38.2 Å². The van der Waals surface area contributed by atoms with Crippen LogP contribution in [0.2, 0.25) is 5.02 Å². The van der Waals surface area contributed by atoms with Gasteiger partial charge in [0.15, 0.2) is 0 Å². The fourth-order valence-electron chi connectivity index (χ4n) is 1.98. The number of hydrogen-bond acceptors (Lipinski definition) is 3. The first-order chi connectivity index (χ1) is 9.08. The molecule has 0 radical (unpaired) electrons. The summed E-state index contributed by atoms with van der Waals surface area (Å²) >= 11 is 9.93. The summed E-state index contributed by atoms with van der Waals surface area (Å²) in [5.74, 6) is 1.17. The first-order valence-corrected chi connectivity index (χ1v) is 8.82. The topological polar surface area (TPSA) is 12.0 Å². The highest BCUT2D eigenvalue weighted by atomic mass is 35.5. The second kappa shape index (κ2) is 6.98. The van der Waals surface area contributed by atoms with Crippen molar-refractivity contribution < 1.29 is 0 Å². The van der Waals surface area contributed by atoms with Crippen LogP contribution < -0.4 is 5.32 Å². The Morgan fingerprint density at radius 3 is 2.89 bits per heavy atom. The zero-order chi connectivity index (χ0) is 13.8. The Labute approximate surface area is 128 Å². The minimum absolute atomic E-state index is 0.718. The van der Waals surface area contributed by atoms with E-state index in [0.717, 1.165) is 23.4 Å². The Balaban J connectivity index is 1.95. The summed E-state index contributed by atoms with van der Waals surface area (Å²) in [6.07, 6.45) is 0. The monoisotopic (exact) mass is 313 g/mol. The Bertz CT molecular complexity index is 548. The summed E-state index contributed by atoms with van der Waals surface area (Å²) in [5.41, 5.74) is 1.37. The predicted molar refractivity (Wildman–Crippen MR) is 90.9 cm³/mol. The van der Waals surface area contributed by atoms with Crippen molar-refractivity contribution in [2.75, 3.05) is 12.3 Å². The van der Waals surface area contributed by atoms with Gasteiger partial charge in [0.2, 0.25) is 0 Å². The van der Waals surface area contributed by atoms with Crippen molar-refractivity contribution in [3.05, 3.63) is 33.7 Å².